The van der Waals surface area contributed by atoms with Crippen LogP contribution in [0.2, 0.25) is 0 Å². The van der Waals surface area contributed by atoms with Crippen molar-refractivity contribution in [3.63, 3.8) is 0 Å². The van der Waals surface area contributed by atoms with E-state index < -0.39 is 11.6 Å². The predicted octanol–water partition coefficient (Wildman–Crippen LogP) is 3.64. The van der Waals surface area contributed by atoms with Gasteiger partial charge in [0.05, 0.1) is 7.11 Å². The van der Waals surface area contributed by atoms with E-state index in [2.05, 4.69) is 4.74 Å². The van der Waals surface area contributed by atoms with Crippen molar-refractivity contribution < 1.29 is 13.5 Å². The number of methoxy groups -OCH3 is 1. The van der Waals surface area contributed by atoms with Crippen molar-refractivity contribution in [2.45, 2.75) is 0 Å². The molecule has 3 heteroatoms. The minimum absolute atomic E-state index is 0.332. The highest BCUT2D eigenvalue weighted by atomic mass is 19.1. The Morgan fingerprint density at radius 3 is 2.25 bits per heavy atom. The average Bonchev–Trinajstić information content (AvgIpc) is 2.31. The molecule has 1 nitrogen and oxygen atoms in total. The molecule has 82 valence electrons. The maximum Gasteiger partial charge on any atom is 0.191 e. The molecule has 0 amide bonds. The third kappa shape index (κ3) is 1.76. The molecule has 0 aliphatic rings. The molecule has 2 rings (SSSR count). The molecule has 0 saturated carbocycles. The van der Waals surface area contributed by atoms with Gasteiger partial charge in [-0.15, -0.1) is 0 Å². The lowest BCUT2D eigenvalue weighted by atomic mass is 10.0. The fourth-order valence-electron chi connectivity index (χ4n) is 1.56. The van der Waals surface area contributed by atoms with Crippen LogP contribution in [0.15, 0.2) is 42.5 Å². The van der Waals surface area contributed by atoms with E-state index in [9.17, 15) is 8.78 Å². The summed E-state index contributed by atoms with van der Waals surface area (Å²) in [5, 5.41) is 0. The lowest BCUT2D eigenvalue weighted by Gasteiger charge is -2.08. The molecular formula is C13H10F2O. The lowest BCUT2D eigenvalue weighted by molar-refractivity contribution is 0.360. The van der Waals surface area contributed by atoms with Gasteiger partial charge in [-0.2, -0.15) is 0 Å². The maximum absolute atomic E-state index is 13.9. The smallest absolute Gasteiger partial charge is 0.191 e. The van der Waals surface area contributed by atoms with Gasteiger partial charge in [-0.1, -0.05) is 30.3 Å². The Morgan fingerprint density at radius 2 is 1.62 bits per heavy atom. The van der Waals surface area contributed by atoms with E-state index in [4.69, 9.17) is 0 Å². The standard InChI is InChI=1S/C13H10F2O/c1-16-13-11(14)8-7-10(12(13)15)9-5-3-2-4-6-9/h2-8H,1H3. The molecule has 2 aromatic rings. The fourth-order valence-corrected chi connectivity index (χ4v) is 1.56. The van der Waals surface area contributed by atoms with E-state index in [0.29, 0.717) is 11.1 Å². The third-order valence-corrected chi connectivity index (χ3v) is 2.34. The molecule has 0 saturated heterocycles. The highest BCUT2D eigenvalue weighted by Gasteiger charge is 2.14. The summed E-state index contributed by atoms with van der Waals surface area (Å²) in [6.07, 6.45) is 0. The summed E-state index contributed by atoms with van der Waals surface area (Å²) >= 11 is 0. The van der Waals surface area contributed by atoms with Crippen LogP contribution in [0.1, 0.15) is 0 Å². The van der Waals surface area contributed by atoms with Crippen LogP contribution in [-0.4, -0.2) is 7.11 Å². The van der Waals surface area contributed by atoms with Crippen LogP contribution in [0.4, 0.5) is 8.78 Å². The summed E-state index contributed by atoms with van der Waals surface area (Å²) in [6.45, 7) is 0. The highest BCUT2D eigenvalue weighted by Crippen LogP contribution is 2.30. The summed E-state index contributed by atoms with van der Waals surface area (Å²) in [4.78, 5) is 0. The van der Waals surface area contributed by atoms with Gasteiger partial charge in [0, 0.05) is 5.56 Å². The van der Waals surface area contributed by atoms with Gasteiger partial charge >= 0.3 is 0 Å². The van der Waals surface area contributed by atoms with E-state index >= 15 is 0 Å². The van der Waals surface area contributed by atoms with Crippen LogP contribution in [-0.2, 0) is 0 Å². The fraction of sp³-hybridized carbons (Fsp3) is 0.0769. The Labute approximate surface area is 92.3 Å². The normalized spacial score (nSPS) is 10.2. The molecule has 0 aliphatic carbocycles. The monoisotopic (exact) mass is 220 g/mol. The zero-order chi connectivity index (χ0) is 11.5. The first-order valence-corrected chi connectivity index (χ1v) is 4.81. The molecule has 0 bridgehead atoms. The molecule has 0 unspecified atom stereocenters. The average molecular weight is 220 g/mol. The van der Waals surface area contributed by atoms with Crippen LogP contribution >= 0.6 is 0 Å². The largest absolute Gasteiger partial charge is 0.491 e. The van der Waals surface area contributed by atoms with Crippen molar-refractivity contribution in [3.8, 4) is 16.9 Å². The van der Waals surface area contributed by atoms with Crippen LogP contribution in [0.25, 0.3) is 11.1 Å². The number of benzene rings is 2. The van der Waals surface area contributed by atoms with Crippen molar-refractivity contribution in [3.05, 3.63) is 54.1 Å². The molecule has 0 atom stereocenters. The number of hydrogen-bond acceptors (Lipinski definition) is 1. The van der Waals surface area contributed by atoms with Crippen molar-refractivity contribution >= 4 is 0 Å². The Bertz CT molecular complexity index is 495. The molecule has 0 N–H and O–H groups in total. The molecule has 0 aromatic heterocycles. The van der Waals surface area contributed by atoms with Crippen molar-refractivity contribution in [1.82, 2.24) is 0 Å². The van der Waals surface area contributed by atoms with Crippen LogP contribution < -0.4 is 4.74 Å². The zero-order valence-corrected chi connectivity index (χ0v) is 8.71. The number of ether oxygens (including phenoxy) is 1. The summed E-state index contributed by atoms with van der Waals surface area (Å²) in [5.74, 6) is -1.71. The molecule has 0 heterocycles. The Hall–Kier alpha value is -1.90. The molecule has 2 aromatic carbocycles. The van der Waals surface area contributed by atoms with Crippen LogP contribution in [0.5, 0.6) is 5.75 Å². The minimum Gasteiger partial charge on any atom is -0.491 e. The second-order valence-electron chi connectivity index (χ2n) is 3.31. The summed E-state index contributed by atoms with van der Waals surface area (Å²) in [5.41, 5.74) is 1.03. The minimum atomic E-state index is -0.695. The molecular weight excluding hydrogens is 210 g/mol. The van der Waals surface area contributed by atoms with Gasteiger partial charge < -0.3 is 4.74 Å². The SMILES string of the molecule is COc1c(F)ccc(-c2ccccc2)c1F. The topological polar surface area (TPSA) is 9.23 Å². The van der Waals surface area contributed by atoms with Gasteiger partial charge in [0.15, 0.2) is 17.4 Å². The van der Waals surface area contributed by atoms with E-state index in [0.717, 1.165) is 0 Å². The second kappa shape index (κ2) is 4.31. The predicted molar refractivity (Wildman–Crippen MR) is 58.3 cm³/mol. The van der Waals surface area contributed by atoms with E-state index in [1.54, 1.807) is 24.3 Å². The molecule has 0 fully saturated rings. The highest BCUT2D eigenvalue weighted by molar-refractivity contribution is 5.66. The first-order valence-electron chi connectivity index (χ1n) is 4.81. The van der Waals surface area contributed by atoms with Gasteiger partial charge in [-0.05, 0) is 17.7 Å². The van der Waals surface area contributed by atoms with Crippen LogP contribution in [0.3, 0.4) is 0 Å². The quantitative estimate of drug-likeness (QED) is 0.750. The van der Waals surface area contributed by atoms with Crippen molar-refractivity contribution in [2.75, 3.05) is 7.11 Å². The zero-order valence-electron chi connectivity index (χ0n) is 8.71. The van der Waals surface area contributed by atoms with Gasteiger partial charge in [0.1, 0.15) is 0 Å². The van der Waals surface area contributed by atoms with Gasteiger partial charge in [0.2, 0.25) is 0 Å². The molecule has 0 spiro atoms. The number of halogens is 2. The number of rotatable bonds is 2. The molecule has 0 radical (unpaired) electrons. The van der Waals surface area contributed by atoms with Crippen molar-refractivity contribution in [1.29, 1.82) is 0 Å². The Kier molecular flexibility index (Phi) is 2.86. The summed E-state index contributed by atoms with van der Waals surface area (Å²) in [6, 6.07) is 11.6. The Morgan fingerprint density at radius 1 is 0.938 bits per heavy atom. The van der Waals surface area contributed by atoms with E-state index in [1.165, 1.54) is 19.2 Å². The third-order valence-electron chi connectivity index (χ3n) is 2.34. The molecule has 16 heavy (non-hydrogen) atoms. The van der Waals surface area contributed by atoms with E-state index in [1.807, 2.05) is 6.07 Å². The Balaban J connectivity index is 2.59. The maximum atomic E-state index is 13.9. The van der Waals surface area contributed by atoms with Crippen molar-refractivity contribution in [2.24, 2.45) is 0 Å². The van der Waals surface area contributed by atoms with Gasteiger partial charge in [-0.25, -0.2) is 8.78 Å². The summed E-state index contributed by atoms with van der Waals surface area (Å²) < 4.78 is 31.7. The van der Waals surface area contributed by atoms with E-state index in [-0.39, 0.29) is 5.75 Å². The number of hydrogen-bond donors (Lipinski definition) is 0. The lowest BCUT2D eigenvalue weighted by Crippen LogP contribution is -1.95. The van der Waals surface area contributed by atoms with Gasteiger partial charge in [-0.3, -0.25) is 0 Å². The first-order chi connectivity index (χ1) is 7.74. The summed E-state index contributed by atoms with van der Waals surface area (Å²) in [7, 11) is 1.25. The second-order valence-corrected chi connectivity index (χ2v) is 3.31. The first kappa shape index (κ1) is 10.6. The van der Waals surface area contributed by atoms with Crippen LogP contribution in [0, 0.1) is 11.6 Å². The molecule has 0 aliphatic heterocycles. The van der Waals surface area contributed by atoms with Gasteiger partial charge in [0.25, 0.3) is 0 Å².